The number of hydrogen-bond acceptors (Lipinski definition) is 3. The van der Waals surface area contributed by atoms with E-state index in [0.29, 0.717) is 0 Å². The standard InChI is InChI=1S/C18H26N4O2/c1-13(2)18(4,24)11-20-17(23)21-14(3)15-6-5-7-16(10-15)22-9-8-19-12-22/h5-10,12-14,24H,11H2,1-4H3,(H2,20,21,23). The lowest BCUT2D eigenvalue weighted by Gasteiger charge is -2.28. The van der Waals surface area contributed by atoms with E-state index < -0.39 is 5.60 Å². The Bertz CT molecular complexity index is 665. The third kappa shape index (κ3) is 4.58. The molecule has 2 aromatic rings. The van der Waals surface area contributed by atoms with E-state index in [1.165, 1.54) is 0 Å². The number of aliphatic hydroxyl groups is 1. The number of carbonyl (C=O) groups is 1. The summed E-state index contributed by atoms with van der Waals surface area (Å²) in [5.41, 5.74) is 1.05. The van der Waals surface area contributed by atoms with Crippen molar-refractivity contribution >= 4 is 6.03 Å². The molecule has 0 saturated heterocycles. The third-order valence-corrected chi connectivity index (χ3v) is 4.37. The molecule has 2 rings (SSSR count). The van der Waals surface area contributed by atoms with Gasteiger partial charge in [-0.15, -0.1) is 0 Å². The highest BCUT2D eigenvalue weighted by Crippen LogP contribution is 2.17. The van der Waals surface area contributed by atoms with Gasteiger partial charge in [-0.1, -0.05) is 26.0 Å². The van der Waals surface area contributed by atoms with Crippen LogP contribution in [0, 0.1) is 5.92 Å². The first-order valence-electron chi connectivity index (χ1n) is 8.14. The van der Waals surface area contributed by atoms with E-state index in [1.807, 2.05) is 55.8 Å². The van der Waals surface area contributed by atoms with E-state index in [2.05, 4.69) is 15.6 Å². The molecule has 0 bridgehead atoms. The van der Waals surface area contributed by atoms with Crippen LogP contribution in [0.5, 0.6) is 0 Å². The van der Waals surface area contributed by atoms with Crippen molar-refractivity contribution in [2.45, 2.75) is 39.3 Å². The summed E-state index contributed by atoms with van der Waals surface area (Å²) in [5, 5.41) is 15.8. The minimum absolute atomic E-state index is 0.0575. The van der Waals surface area contributed by atoms with E-state index in [1.54, 1.807) is 19.4 Å². The highest BCUT2D eigenvalue weighted by atomic mass is 16.3. The van der Waals surface area contributed by atoms with Crippen molar-refractivity contribution in [3.63, 3.8) is 0 Å². The SMILES string of the molecule is CC(NC(=O)NCC(C)(O)C(C)C)c1cccc(-n2ccnc2)c1. The molecule has 1 aromatic heterocycles. The Morgan fingerprint density at radius 3 is 2.75 bits per heavy atom. The molecule has 1 heterocycles. The molecule has 0 saturated carbocycles. The van der Waals surface area contributed by atoms with Crippen LogP contribution in [-0.4, -0.2) is 32.8 Å². The van der Waals surface area contributed by atoms with Crippen molar-refractivity contribution in [2.75, 3.05) is 6.54 Å². The summed E-state index contributed by atoms with van der Waals surface area (Å²) in [6.07, 6.45) is 5.33. The lowest BCUT2D eigenvalue weighted by Crippen LogP contribution is -2.47. The average molecular weight is 330 g/mol. The molecular formula is C18H26N4O2. The second-order valence-electron chi connectivity index (χ2n) is 6.63. The molecule has 3 N–H and O–H groups in total. The molecule has 24 heavy (non-hydrogen) atoms. The first-order valence-corrected chi connectivity index (χ1v) is 8.14. The number of benzene rings is 1. The molecule has 6 nitrogen and oxygen atoms in total. The second kappa shape index (κ2) is 7.49. The second-order valence-corrected chi connectivity index (χ2v) is 6.63. The van der Waals surface area contributed by atoms with Crippen molar-refractivity contribution < 1.29 is 9.90 Å². The summed E-state index contributed by atoms with van der Waals surface area (Å²) in [7, 11) is 0. The average Bonchev–Trinajstić information content (AvgIpc) is 3.07. The summed E-state index contributed by atoms with van der Waals surface area (Å²) in [4.78, 5) is 16.1. The fourth-order valence-corrected chi connectivity index (χ4v) is 2.16. The Labute approximate surface area is 142 Å². The van der Waals surface area contributed by atoms with Crippen LogP contribution >= 0.6 is 0 Å². The lowest BCUT2D eigenvalue weighted by atomic mass is 9.93. The van der Waals surface area contributed by atoms with Crippen LogP contribution in [0.25, 0.3) is 5.69 Å². The van der Waals surface area contributed by atoms with Crippen LogP contribution in [0.4, 0.5) is 4.79 Å². The summed E-state index contributed by atoms with van der Waals surface area (Å²) >= 11 is 0. The van der Waals surface area contributed by atoms with E-state index in [0.717, 1.165) is 11.3 Å². The predicted molar refractivity (Wildman–Crippen MR) is 94.0 cm³/mol. The van der Waals surface area contributed by atoms with Crippen LogP contribution in [0.3, 0.4) is 0 Å². The summed E-state index contributed by atoms with van der Waals surface area (Å²) in [6, 6.07) is 7.46. The number of amides is 2. The van der Waals surface area contributed by atoms with Crippen LogP contribution < -0.4 is 10.6 Å². The Morgan fingerprint density at radius 1 is 1.38 bits per heavy atom. The maximum Gasteiger partial charge on any atom is 0.315 e. The Morgan fingerprint density at radius 2 is 2.12 bits per heavy atom. The molecule has 0 fully saturated rings. The zero-order chi connectivity index (χ0) is 17.7. The highest BCUT2D eigenvalue weighted by molar-refractivity contribution is 5.74. The quantitative estimate of drug-likeness (QED) is 0.762. The molecule has 2 unspecified atom stereocenters. The number of urea groups is 1. The number of hydrogen-bond donors (Lipinski definition) is 3. The molecule has 2 atom stereocenters. The van der Waals surface area contributed by atoms with Gasteiger partial charge in [0.15, 0.2) is 0 Å². The fourth-order valence-electron chi connectivity index (χ4n) is 2.16. The van der Waals surface area contributed by atoms with Crippen molar-refractivity contribution in [3.05, 3.63) is 48.5 Å². The number of rotatable bonds is 6. The topological polar surface area (TPSA) is 79.2 Å². The van der Waals surface area contributed by atoms with Gasteiger partial charge < -0.3 is 20.3 Å². The van der Waals surface area contributed by atoms with Gasteiger partial charge in [0.2, 0.25) is 0 Å². The number of imidazole rings is 1. The summed E-state index contributed by atoms with van der Waals surface area (Å²) < 4.78 is 1.91. The Kier molecular flexibility index (Phi) is 5.62. The molecule has 0 radical (unpaired) electrons. The fraction of sp³-hybridized carbons (Fsp3) is 0.444. The third-order valence-electron chi connectivity index (χ3n) is 4.37. The van der Waals surface area contributed by atoms with Gasteiger partial charge in [-0.3, -0.25) is 0 Å². The van der Waals surface area contributed by atoms with E-state index in [-0.39, 0.29) is 24.5 Å². The van der Waals surface area contributed by atoms with Crippen LogP contribution in [-0.2, 0) is 0 Å². The molecule has 0 aliphatic heterocycles. The predicted octanol–water partition coefficient (Wildman–Crippen LogP) is 2.64. The Balaban J connectivity index is 1.96. The first-order chi connectivity index (χ1) is 11.3. The van der Waals surface area contributed by atoms with E-state index in [9.17, 15) is 9.90 Å². The summed E-state index contributed by atoms with van der Waals surface area (Å²) in [6.45, 7) is 7.69. The molecule has 130 valence electrons. The van der Waals surface area contributed by atoms with Crippen molar-refractivity contribution in [3.8, 4) is 5.69 Å². The molecule has 1 aromatic carbocycles. The molecule has 6 heteroatoms. The molecule has 0 spiro atoms. The van der Waals surface area contributed by atoms with Crippen LogP contribution in [0.15, 0.2) is 43.0 Å². The van der Waals surface area contributed by atoms with E-state index >= 15 is 0 Å². The maximum atomic E-state index is 12.1. The van der Waals surface area contributed by atoms with Crippen molar-refractivity contribution in [1.82, 2.24) is 20.2 Å². The zero-order valence-electron chi connectivity index (χ0n) is 14.7. The Hall–Kier alpha value is -2.34. The molecule has 2 amide bonds. The van der Waals surface area contributed by atoms with Gasteiger partial charge >= 0.3 is 6.03 Å². The largest absolute Gasteiger partial charge is 0.388 e. The van der Waals surface area contributed by atoms with Gasteiger partial charge in [0.05, 0.1) is 18.0 Å². The summed E-state index contributed by atoms with van der Waals surface area (Å²) in [5.74, 6) is 0.0575. The van der Waals surface area contributed by atoms with Crippen LogP contribution in [0.1, 0.15) is 39.3 Å². The normalized spacial score (nSPS) is 14.9. The monoisotopic (exact) mass is 330 g/mol. The van der Waals surface area contributed by atoms with Gasteiger partial charge in [-0.2, -0.15) is 0 Å². The molecule has 0 aliphatic rings. The smallest absolute Gasteiger partial charge is 0.315 e. The highest BCUT2D eigenvalue weighted by Gasteiger charge is 2.25. The van der Waals surface area contributed by atoms with Crippen LogP contribution in [0.2, 0.25) is 0 Å². The molecule has 0 aliphatic carbocycles. The number of aromatic nitrogens is 2. The zero-order valence-corrected chi connectivity index (χ0v) is 14.7. The maximum absolute atomic E-state index is 12.1. The molecular weight excluding hydrogens is 304 g/mol. The van der Waals surface area contributed by atoms with Crippen molar-refractivity contribution in [2.24, 2.45) is 5.92 Å². The van der Waals surface area contributed by atoms with E-state index in [4.69, 9.17) is 0 Å². The number of carbonyl (C=O) groups excluding carboxylic acids is 1. The number of nitrogens with zero attached hydrogens (tertiary/aromatic N) is 2. The van der Waals surface area contributed by atoms with Crippen molar-refractivity contribution in [1.29, 1.82) is 0 Å². The van der Waals surface area contributed by atoms with Gasteiger partial charge in [0.1, 0.15) is 0 Å². The minimum atomic E-state index is -0.929. The number of nitrogens with one attached hydrogen (secondary N) is 2. The van der Waals surface area contributed by atoms with Gasteiger partial charge in [-0.25, -0.2) is 9.78 Å². The van der Waals surface area contributed by atoms with Gasteiger partial charge in [0.25, 0.3) is 0 Å². The van der Waals surface area contributed by atoms with Gasteiger partial charge in [-0.05, 0) is 37.5 Å². The lowest BCUT2D eigenvalue weighted by molar-refractivity contribution is 0.0165. The minimum Gasteiger partial charge on any atom is -0.388 e. The first kappa shape index (κ1) is 18.0. The van der Waals surface area contributed by atoms with Gasteiger partial charge in [0, 0.05) is 24.6 Å².